The smallest absolute Gasteiger partial charge is 0.305 e. The third-order valence-electron chi connectivity index (χ3n) is 8.61. The molecular formula is C35H44N6O7. The molecule has 0 bridgehead atoms. The van der Waals surface area contributed by atoms with Gasteiger partial charge in [0.2, 0.25) is 29.5 Å². The number of carboxylic acid groups (broad SMARTS) is 1. The number of aliphatic carboxylic acids is 1. The number of amides is 5. The van der Waals surface area contributed by atoms with Gasteiger partial charge in [-0.2, -0.15) is 0 Å². The van der Waals surface area contributed by atoms with Gasteiger partial charge in [0.25, 0.3) is 0 Å². The first kappa shape index (κ1) is 35.7. The zero-order chi connectivity index (χ0) is 34.7. The van der Waals surface area contributed by atoms with Gasteiger partial charge in [-0.1, -0.05) is 74.2 Å². The highest BCUT2D eigenvalue weighted by molar-refractivity contribution is 5.98. The monoisotopic (exact) mass is 660 g/mol. The molecule has 8 N–H and O–H groups in total. The molecule has 1 unspecified atom stereocenters. The van der Waals surface area contributed by atoms with Crippen molar-refractivity contribution in [1.29, 1.82) is 0 Å². The molecule has 256 valence electrons. The number of fused-ring (bicyclic) bond motifs is 1. The van der Waals surface area contributed by atoms with Crippen molar-refractivity contribution in [3.8, 4) is 0 Å². The van der Waals surface area contributed by atoms with E-state index in [0.717, 1.165) is 41.3 Å². The summed E-state index contributed by atoms with van der Waals surface area (Å²) < 4.78 is 0. The standard InChI is InChI=1S/C35H44N6O7/c1-35(20-23-21-37-25-15-11-10-14-24(23)25)34(48)40-26(16-8-3-2-4-9-17-29(42)41-35)32(46)39-28(19-30(43)44)33(47)38-27(31(36)45)18-22-12-6-5-7-13-22/h5-7,10-15,21,26-28,37H,2-4,8-9,16-20H2,1H3,(H2,36,45)(H,38,47)(H,39,46)(H,40,48)(H,41,42)(H,43,44)/t26?,27-,28-,35+/m0/s1. The molecule has 1 aliphatic heterocycles. The molecule has 5 amide bonds. The second-order valence-corrected chi connectivity index (χ2v) is 12.6. The quantitative estimate of drug-likeness (QED) is 0.162. The lowest BCUT2D eigenvalue weighted by Crippen LogP contribution is -2.62. The summed E-state index contributed by atoms with van der Waals surface area (Å²) in [4.78, 5) is 81.2. The van der Waals surface area contributed by atoms with Crippen LogP contribution in [0.15, 0.2) is 60.8 Å². The van der Waals surface area contributed by atoms with Gasteiger partial charge in [-0.25, -0.2) is 0 Å². The highest BCUT2D eigenvalue weighted by Gasteiger charge is 2.39. The molecule has 0 radical (unpaired) electrons. The number of hydrogen-bond acceptors (Lipinski definition) is 6. The molecule has 0 saturated carbocycles. The maximum atomic E-state index is 14.0. The number of carbonyl (C=O) groups excluding carboxylic acids is 5. The van der Waals surface area contributed by atoms with Gasteiger partial charge < -0.3 is 37.1 Å². The number of nitrogens with one attached hydrogen (secondary N) is 5. The zero-order valence-corrected chi connectivity index (χ0v) is 27.1. The van der Waals surface area contributed by atoms with Crippen LogP contribution in [-0.2, 0) is 41.6 Å². The Morgan fingerprint density at radius 1 is 0.938 bits per heavy atom. The van der Waals surface area contributed by atoms with E-state index in [1.54, 1.807) is 43.5 Å². The number of benzene rings is 2. The van der Waals surface area contributed by atoms with Crippen molar-refractivity contribution in [2.24, 2.45) is 5.73 Å². The van der Waals surface area contributed by atoms with Gasteiger partial charge in [-0.15, -0.1) is 0 Å². The Labute approximate surface area is 278 Å². The van der Waals surface area contributed by atoms with Crippen molar-refractivity contribution < 1.29 is 33.9 Å². The molecule has 0 aliphatic carbocycles. The first-order valence-electron chi connectivity index (χ1n) is 16.3. The van der Waals surface area contributed by atoms with E-state index in [-0.39, 0.29) is 31.6 Å². The van der Waals surface area contributed by atoms with Crippen molar-refractivity contribution in [3.05, 3.63) is 71.9 Å². The number of para-hydroxylation sites is 1. The number of H-pyrrole nitrogens is 1. The number of carboxylic acids is 1. The fraction of sp³-hybridized carbons (Fsp3) is 0.429. The van der Waals surface area contributed by atoms with Crippen LogP contribution in [0.25, 0.3) is 10.9 Å². The summed E-state index contributed by atoms with van der Waals surface area (Å²) in [6.45, 7) is 1.61. The molecule has 1 fully saturated rings. The van der Waals surface area contributed by atoms with Crippen molar-refractivity contribution >= 4 is 46.4 Å². The molecular weight excluding hydrogens is 616 g/mol. The topological polar surface area (TPSA) is 213 Å². The summed E-state index contributed by atoms with van der Waals surface area (Å²) in [6, 6.07) is 12.5. The van der Waals surface area contributed by atoms with E-state index in [2.05, 4.69) is 26.3 Å². The van der Waals surface area contributed by atoms with Crippen LogP contribution in [-0.4, -0.2) is 69.3 Å². The summed E-state index contributed by atoms with van der Waals surface area (Å²) >= 11 is 0. The normalized spacial score (nSPS) is 20.5. The van der Waals surface area contributed by atoms with Crippen molar-refractivity contribution in [3.63, 3.8) is 0 Å². The second-order valence-electron chi connectivity index (χ2n) is 12.6. The maximum Gasteiger partial charge on any atom is 0.305 e. The Morgan fingerprint density at radius 2 is 1.62 bits per heavy atom. The van der Waals surface area contributed by atoms with Crippen LogP contribution in [0.3, 0.4) is 0 Å². The Bertz CT molecular complexity index is 1620. The van der Waals surface area contributed by atoms with Crippen LogP contribution < -0.4 is 27.0 Å². The van der Waals surface area contributed by atoms with Crippen molar-refractivity contribution in [1.82, 2.24) is 26.3 Å². The van der Waals surface area contributed by atoms with Crippen LogP contribution in [0.2, 0.25) is 0 Å². The van der Waals surface area contributed by atoms with Gasteiger partial charge in [-0.05, 0) is 37.0 Å². The maximum absolute atomic E-state index is 14.0. The van der Waals surface area contributed by atoms with Crippen LogP contribution in [0.1, 0.15) is 69.4 Å². The molecule has 2 aromatic carbocycles. The molecule has 3 aromatic rings. The number of carbonyl (C=O) groups is 6. The lowest BCUT2D eigenvalue weighted by atomic mass is 9.90. The van der Waals surface area contributed by atoms with Gasteiger partial charge in [0.05, 0.1) is 6.42 Å². The summed E-state index contributed by atoms with van der Waals surface area (Å²) in [6.07, 6.45) is 5.26. The molecule has 2 heterocycles. The Morgan fingerprint density at radius 3 is 2.35 bits per heavy atom. The highest BCUT2D eigenvalue weighted by atomic mass is 16.4. The number of hydrogen-bond donors (Lipinski definition) is 7. The van der Waals surface area contributed by atoms with E-state index in [1.807, 2.05) is 24.3 Å². The summed E-state index contributed by atoms with van der Waals surface area (Å²) in [5, 5.41) is 21.1. The summed E-state index contributed by atoms with van der Waals surface area (Å²) in [7, 11) is 0. The van der Waals surface area contributed by atoms with Crippen LogP contribution in [0.4, 0.5) is 0 Å². The number of aromatic amines is 1. The van der Waals surface area contributed by atoms with Gasteiger partial charge in [0.1, 0.15) is 23.7 Å². The minimum absolute atomic E-state index is 0.0645. The van der Waals surface area contributed by atoms with E-state index in [4.69, 9.17) is 5.73 Å². The lowest BCUT2D eigenvalue weighted by Gasteiger charge is -2.32. The second kappa shape index (κ2) is 16.6. The largest absolute Gasteiger partial charge is 0.481 e. The molecule has 1 saturated heterocycles. The first-order chi connectivity index (χ1) is 22.9. The summed E-state index contributed by atoms with van der Waals surface area (Å²) in [5.74, 6) is -4.74. The fourth-order valence-corrected chi connectivity index (χ4v) is 5.96. The molecule has 13 nitrogen and oxygen atoms in total. The van der Waals surface area contributed by atoms with Gasteiger partial charge in [-0.3, -0.25) is 28.8 Å². The van der Waals surface area contributed by atoms with Gasteiger partial charge in [0.15, 0.2) is 0 Å². The minimum atomic E-state index is -1.56. The van der Waals surface area contributed by atoms with E-state index >= 15 is 0 Å². The predicted molar refractivity (Wildman–Crippen MR) is 178 cm³/mol. The van der Waals surface area contributed by atoms with E-state index in [1.165, 1.54) is 0 Å². The number of primary amides is 1. The first-order valence-corrected chi connectivity index (χ1v) is 16.3. The number of aromatic nitrogens is 1. The average Bonchev–Trinajstić information content (AvgIpc) is 3.45. The van der Waals surface area contributed by atoms with Crippen molar-refractivity contribution in [2.45, 2.75) is 94.8 Å². The third kappa shape index (κ3) is 9.90. The zero-order valence-electron chi connectivity index (χ0n) is 27.1. The Balaban J connectivity index is 1.55. The van der Waals surface area contributed by atoms with Crippen LogP contribution in [0, 0.1) is 0 Å². The van der Waals surface area contributed by atoms with Crippen molar-refractivity contribution in [2.75, 3.05) is 0 Å². The summed E-state index contributed by atoms with van der Waals surface area (Å²) in [5.41, 5.74) is 6.48. The van der Waals surface area contributed by atoms with Gasteiger partial charge >= 0.3 is 5.97 Å². The van der Waals surface area contributed by atoms with E-state index in [9.17, 15) is 33.9 Å². The molecule has 48 heavy (non-hydrogen) atoms. The van der Waals surface area contributed by atoms with Crippen LogP contribution >= 0.6 is 0 Å². The Hall–Kier alpha value is -5.20. The Kier molecular flexibility index (Phi) is 12.3. The highest BCUT2D eigenvalue weighted by Crippen LogP contribution is 2.24. The molecule has 13 heteroatoms. The van der Waals surface area contributed by atoms with Gasteiger partial charge in [0, 0.05) is 36.4 Å². The average molecular weight is 661 g/mol. The van der Waals surface area contributed by atoms with E-state index < -0.39 is 59.7 Å². The predicted octanol–water partition coefficient (Wildman–Crippen LogP) is 1.99. The minimum Gasteiger partial charge on any atom is -0.481 e. The molecule has 4 atom stereocenters. The fourth-order valence-electron chi connectivity index (χ4n) is 5.96. The van der Waals surface area contributed by atoms with E-state index in [0.29, 0.717) is 12.8 Å². The molecule has 1 aliphatic rings. The number of rotatable bonds is 11. The molecule has 1 aromatic heterocycles. The SMILES string of the molecule is C[C@]1(Cc2c[nH]c3ccccc23)NC(=O)CCCCCCCC(C(=O)N[C@@H](CC(=O)O)C(=O)N[C@@H](Cc2ccccc2)C(N)=O)NC1=O. The van der Waals surface area contributed by atoms with Crippen LogP contribution in [0.5, 0.6) is 0 Å². The third-order valence-corrected chi connectivity index (χ3v) is 8.61. The number of nitrogens with two attached hydrogens (primary N) is 1. The lowest BCUT2D eigenvalue weighted by molar-refractivity contribution is -0.141. The molecule has 0 spiro atoms. The molecule has 4 rings (SSSR count).